The maximum absolute atomic E-state index is 12.9. The Bertz CT molecular complexity index is 416. The van der Waals surface area contributed by atoms with E-state index in [4.69, 9.17) is 17.3 Å². The molecule has 0 amide bonds. The number of hydrogen-bond donors (Lipinski definition) is 1. The SMILES string of the molecule is N[C@@H](c1ccc(F)c(Cl)c1)C(F)(F)C(F)(F)F. The second-order valence-electron chi connectivity index (χ2n) is 3.27. The van der Waals surface area contributed by atoms with Crippen molar-refractivity contribution >= 4 is 11.6 Å². The van der Waals surface area contributed by atoms with Gasteiger partial charge in [-0.25, -0.2) is 4.39 Å². The van der Waals surface area contributed by atoms with Crippen LogP contribution in [0.2, 0.25) is 5.02 Å². The third-order valence-corrected chi connectivity index (χ3v) is 2.36. The van der Waals surface area contributed by atoms with Gasteiger partial charge in [0.1, 0.15) is 11.9 Å². The van der Waals surface area contributed by atoms with Crippen molar-refractivity contribution in [3.63, 3.8) is 0 Å². The standard InChI is InChI=1S/C9H6ClF6N/c10-5-3-4(1-2-6(5)11)7(17)8(12,13)9(14,15)16/h1-3,7H,17H2/t7-/m0/s1. The molecule has 0 aliphatic heterocycles. The molecule has 0 spiro atoms. The minimum Gasteiger partial charge on any atom is -0.319 e. The third-order valence-electron chi connectivity index (χ3n) is 2.07. The summed E-state index contributed by atoms with van der Waals surface area (Å²) in [5, 5.41) is -0.573. The van der Waals surface area contributed by atoms with Crippen molar-refractivity contribution < 1.29 is 26.3 Å². The van der Waals surface area contributed by atoms with Crippen LogP contribution in [0.1, 0.15) is 11.6 Å². The van der Waals surface area contributed by atoms with Gasteiger partial charge in [-0.3, -0.25) is 0 Å². The lowest BCUT2D eigenvalue weighted by Crippen LogP contribution is -2.45. The highest BCUT2D eigenvalue weighted by Crippen LogP contribution is 2.43. The molecule has 0 heterocycles. The Labute approximate surface area is 97.2 Å². The molecule has 1 nitrogen and oxygen atoms in total. The van der Waals surface area contributed by atoms with Crippen molar-refractivity contribution in [2.75, 3.05) is 0 Å². The molecule has 0 fully saturated rings. The van der Waals surface area contributed by atoms with Crippen LogP contribution in [0.25, 0.3) is 0 Å². The average Bonchev–Trinajstić information content (AvgIpc) is 2.19. The monoisotopic (exact) mass is 277 g/mol. The zero-order valence-corrected chi connectivity index (χ0v) is 8.79. The van der Waals surface area contributed by atoms with Crippen molar-refractivity contribution in [1.29, 1.82) is 0 Å². The van der Waals surface area contributed by atoms with Crippen molar-refractivity contribution in [3.8, 4) is 0 Å². The molecule has 96 valence electrons. The van der Waals surface area contributed by atoms with Crippen LogP contribution in [0.5, 0.6) is 0 Å². The Balaban J connectivity index is 3.12. The van der Waals surface area contributed by atoms with Crippen molar-refractivity contribution in [3.05, 3.63) is 34.6 Å². The van der Waals surface area contributed by atoms with Crippen LogP contribution < -0.4 is 5.73 Å². The third kappa shape index (κ3) is 2.66. The summed E-state index contributed by atoms with van der Waals surface area (Å²) in [6.45, 7) is 0. The first-order valence-electron chi connectivity index (χ1n) is 4.22. The van der Waals surface area contributed by atoms with Gasteiger partial charge in [0.15, 0.2) is 0 Å². The summed E-state index contributed by atoms with van der Waals surface area (Å²) in [5.41, 5.74) is 4.23. The molecular formula is C9H6ClF6N. The molecule has 17 heavy (non-hydrogen) atoms. The van der Waals surface area contributed by atoms with E-state index in [1.807, 2.05) is 0 Å². The highest BCUT2D eigenvalue weighted by molar-refractivity contribution is 6.30. The molecule has 1 atom stereocenters. The van der Waals surface area contributed by atoms with Gasteiger partial charge in [-0.2, -0.15) is 22.0 Å². The predicted molar refractivity (Wildman–Crippen MR) is 49.3 cm³/mol. The normalized spacial score (nSPS) is 14.8. The molecule has 0 saturated carbocycles. The Kier molecular flexibility index (Phi) is 3.63. The zero-order valence-electron chi connectivity index (χ0n) is 8.03. The maximum atomic E-state index is 12.9. The fourth-order valence-corrected chi connectivity index (χ4v) is 1.28. The van der Waals surface area contributed by atoms with Gasteiger partial charge in [-0.15, -0.1) is 0 Å². The minimum absolute atomic E-state index is 0.573. The number of nitrogens with two attached hydrogens (primary N) is 1. The van der Waals surface area contributed by atoms with Gasteiger partial charge in [0.05, 0.1) is 5.02 Å². The summed E-state index contributed by atoms with van der Waals surface area (Å²) < 4.78 is 74.5. The molecule has 2 N–H and O–H groups in total. The van der Waals surface area contributed by atoms with E-state index in [1.54, 1.807) is 0 Å². The Hall–Kier alpha value is -0.950. The summed E-state index contributed by atoms with van der Waals surface area (Å²) in [4.78, 5) is 0. The van der Waals surface area contributed by atoms with Crippen molar-refractivity contribution in [1.82, 2.24) is 0 Å². The van der Waals surface area contributed by atoms with Crippen LogP contribution in [0.4, 0.5) is 26.3 Å². The van der Waals surface area contributed by atoms with Crippen LogP contribution in [0.3, 0.4) is 0 Å². The van der Waals surface area contributed by atoms with Gasteiger partial charge < -0.3 is 5.73 Å². The molecule has 0 aromatic heterocycles. The number of alkyl halides is 5. The average molecular weight is 278 g/mol. The maximum Gasteiger partial charge on any atom is 0.455 e. The number of benzene rings is 1. The smallest absolute Gasteiger partial charge is 0.319 e. The number of halogens is 7. The van der Waals surface area contributed by atoms with E-state index in [-0.39, 0.29) is 0 Å². The fraction of sp³-hybridized carbons (Fsp3) is 0.333. The highest BCUT2D eigenvalue weighted by atomic mass is 35.5. The highest BCUT2D eigenvalue weighted by Gasteiger charge is 2.61. The molecule has 8 heteroatoms. The molecule has 0 saturated heterocycles. The van der Waals surface area contributed by atoms with Crippen LogP contribution in [-0.4, -0.2) is 12.1 Å². The van der Waals surface area contributed by atoms with Crippen LogP contribution >= 0.6 is 11.6 Å². The molecule has 1 aromatic rings. The Morgan fingerprint density at radius 1 is 1.12 bits per heavy atom. The van der Waals surface area contributed by atoms with Crippen molar-refractivity contribution in [2.24, 2.45) is 5.73 Å². The van der Waals surface area contributed by atoms with Gasteiger partial charge in [0.25, 0.3) is 0 Å². The van der Waals surface area contributed by atoms with Gasteiger partial charge >= 0.3 is 12.1 Å². The lowest BCUT2D eigenvalue weighted by atomic mass is 10.0. The topological polar surface area (TPSA) is 26.0 Å². The predicted octanol–water partition coefficient (Wildman–Crippen LogP) is 3.68. The molecular weight excluding hydrogens is 272 g/mol. The first kappa shape index (κ1) is 14.1. The molecule has 0 radical (unpaired) electrons. The lowest BCUT2D eigenvalue weighted by Gasteiger charge is -2.26. The Morgan fingerprint density at radius 3 is 2.06 bits per heavy atom. The van der Waals surface area contributed by atoms with Crippen LogP contribution in [0, 0.1) is 5.82 Å². The summed E-state index contributed by atoms with van der Waals surface area (Å²) >= 11 is 5.27. The quantitative estimate of drug-likeness (QED) is 0.820. The summed E-state index contributed by atoms with van der Waals surface area (Å²) in [7, 11) is 0. The second kappa shape index (κ2) is 4.38. The van der Waals surface area contributed by atoms with Crippen LogP contribution in [-0.2, 0) is 0 Å². The molecule has 1 aromatic carbocycles. The molecule has 0 bridgehead atoms. The molecule has 0 unspecified atom stereocenters. The van der Waals surface area contributed by atoms with Crippen molar-refractivity contribution in [2.45, 2.75) is 18.1 Å². The lowest BCUT2D eigenvalue weighted by molar-refractivity contribution is -0.291. The van der Waals surface area contributed by atoms with E-state index in [1.165, 1.54) is 0 Å². The summed E-state index contributed by atoms with van der Waals surface area (Å²) in [6.07, 6.45) is -5.78. The summed E-state index contributed by atoms with van der Waals surface area (Å²) in [5.74, 6) is -6.05. The van der Waals surface area contributed by atoms with Gasteiger partial charge in [0.2, 0.25) is 0 Å². The number of hydrogen-bond acceptors (Lipinski definition) is 1. The largest absolute Gasteiger partial charge is 0.455 e. The van der Waals surface area contributed by atoms with Crippen LogP contribution in [0.15, 0.2) is 18.2 Å². The zero-order chi connectivity index (χ0) is 13.4. The molecule has 0 aliphatic rings. The second-order valence-corrected chi connectivity index (χ2v) is 3.68. The van der Waals surface area contributed by atoms with E-state index in [0.717, 1.165) is 6.07 Å². The summed E-state index contributed by atoms with van der Waals surface area (Å²) in [6, 6.07) is -0.600. The first-order valence-corrected chi connectivity index (χ1v) is 4.60. The first-order chi connectivity index (χ1) is 7.57. The van der Waals surface area contributed by atoms with E-state index >= 15 is 0 Å². The van der Waals surface area contributed by atoms with E-state index < -0.39 is 34.5 Å². The fourth-order valence-electron chi connectivity index (χ4n) is 1.09. The van der Waals surface area contributed by atoms with Gasteiger partial charge in [0, 0.05) is 0 Å². The van der Waals surface area contributed by atoms with Gasteiger partial charge in [-0.1, -0.05) is 17.7 Å². The molecule has 1 rings (SSSR count). The van der Waals surface area contributed by atoms with E-state index in [9.17, 15) is 26.3 Å². The minimum atomic E-state index is -5.78. The molecule has 0 aliphatic carbocycles. The van der Waals surface area contributed by atoms with E-state index in [0.29, 0.717) is 12.1 Å². The Morgan fingerprint density at radius 2 is 1.65 bits per heavy atom. The van der Waals surface area contributed by atoms with E-state index in [2.05, 4.69) is 0 Å². The number of rotatable bonds is 2. The van der Waals surface area contributed by atoms with Gasteiger partial charge in [-0.05, 0) is 17.7 Å².